The Morgan fingerprint density at radius 1 is 1.35 bits per heavy atom. The first-order valence-electron chi connectivity index (χ1n) is 9.32. The molecule has 6 heteroatoms. The smallest absolute Gasteiger partial charge is 0.207 e. The van der Waals surface area contributed by atoms with Crippen LogP contribution >= 0.6 is 11.6 Å². The average molecular weight is 378 g/mol. The lowest BCUT2D eigenvalue weighted by atomic mass is 9.74. The van der Waals surface area contributed by atoms with E-state index in [1.807, 2.05) is 25.1 Å². The van der Waals surface area contributed by atoms with Crippen molar-refractivity contribution >= 4 is 23.2 Å². The Kier molecular flexibility index (Phi) is 6.94. The highest BCUT2D eigenvalue weighted by atomic mass is 35.5. The van der Waals surface area contributed by atoms with Gasteiger partial charge in [-0.1, -0.05) is 17.7 Å². The minimum absolute atomic E-state index is 0.188. The average Bonchev–Trinajstić information content (AvgIpc) is 2.63. The molecule has 1 aliphatic carbocycles. The molecule has 5 nitrogen and oxygen atoms in total. The quantitative estimate of drug-likeness (QED) is 0.558. The summed E-state index contributed by atoms with van der Waals surface area (Å²) in [5, 5.41) is 11.8. The summed E-state index contributed by atoms with van der Waals surface area (Å²) in [5.74, 6) is 1.45. The molecule has 2 unspecified atom stereocenters. The van der Waals surface area contributed by atoms with Crippen molar-refractivity contribution in [2.75, 3.05) is 44.8 Å². The second-order valence-electron chi connectivity index (χ2n) is 7.13. The van der Waals surface area contributed by atoms with Crippen LogP contribution in [0.15, 0.2) is 30.5 Å². The van der Waals surface area contributed by atoms with Gasteiger partial charge in [0, 0.05) is 42.6 Å². The third-order valence-corrected chi connectivity index (χ3v) is 5.69. The van der Waals surface area contributed by atoms with Gasteiger partial charge in [0.1, 0.15) is 0 Å². The molecule has 1 saturated heterocycles. The van der Waals surface area contributed by atoms with E-state index in [1.54, 1.807) is 12.3 Å². The second-order valence-corrected chi connectivity index (χ2v) is 7.53. The summed E-state index contributed by atoms with van der Waals surface area (Å²) in [6.45, 7) is 7.52. The maximum absolute atomic E-state index is 7.94. The van der Waals surface area contributed by atoms with Crippen LogP contribution < -0.4 is 5.32 Å². The molecule has 1 aromatic carbocycles. The van der Waals surface area contributed by atoms with Crippen molar-refractivity contribution in [3.8, 4) is 0 Å². The van der Waals surface area contributed by atoms with Crippen LogP contribution in [0.2, 0.25) is 5.02 Å². The molecule has 3 rings (SSSR count). The summed E-state index contributed by atoms with van der Waals surface area (Å²) >= 11 is 6.10. The van der Waals surface area contributed by atoms with E-state index in [1.165, 1.54) is 12.8 Å². The minimum Gasteiger partial charge on any atom is -0.478 e. The summed E-state index contributed by atoms with van der Waals surface area (Å²) < 4.78 is 11.0. The number of benzene rings is 1. The molecule has 2 atom stereocenters. The highest BCUT2D eigenvalue weighted by molar-refractivity contribution is 6.31. The summed E-state index contributed by atoms with van der Waals surface area (Å²) in [7, 11) is 0. The molecule has 142 valence electrons. The van der Waals surface area contributed by atoms with Gasteiger partial charge in [-0.2, -0.15) is 0 Å². The molecule has 2 fully saturated rings. The van der Waals surface area contributed by atoms with Crippen LogP contribution in [0.5, 0.6) is 0 Å². The van der Waals surface area contributed by atoms with Crippen LogP contribution in [0.4, 0.5) is 5.69 Å². The normalized spacial score (nSPS) is 23.6. The van der Waals surface area contributed by atoms with Crippen molar-refractivity contribution in [1.82, 2.24) is 4.90 Å². The Morgan fingerprint density at radius 2 is 2.12 bits per heavy atom. The third kappa shape index (κ3) is 5.47. The van der Waals surface area contributed by atoms with Crippen molar-refractivity contribution in [3.63, 3.8) is 0 Å². The highest BCUT2D eigenvalue weighted by Gasteiger charge is 2.33. The maximum atomic E-state index is 7.94. The number of anilines is 1. The van der Waals surface area contributed by atoms with Crippen LogP contribution in [-0.4, -0.2) is 50.3 Å². The van der Waals surface area contributed by atoms with E-state index in [0.717, 1.165) is 49.1 Å². The summed E-state index contributed by atoms with van der Waals surface area (Å²) in [5.41, 5.74) is 1.94. The number of hydrogen-bond acceptors (Lipinski definition) is 5. The largest absolute Gasteiger partial charge is 0.478 e. The highest BCUT2D eigenvalue weighted by Crippen LogP contribution is 2.35. The molecular weight excluding hydrogens is 350 g/mol. The first kappa shape index (κ1) is 19.2. The Morgan fingerprint density at radius 3 is 2.81 bits per heavy atom. The van der Waals surface area contributed by atoms with E-state index in [0.29, 0.717) is 18.4 Å². The molecule has 26 heavy (non-hydrogen) atoms. The molecule has 1 saturated carbocycles. The van der Waals surface area contributed by atoms with Gasteiger partial charge in [0.25, 0.3) is 0 Å². The fraction of sp³-hybridized carbons (Fsp3) is 0.550. The van der Waals surface area contributed by atoms with Crippen LogP contribution in [-0.2, 0) is 9.47 Å². The van der Waals surface area contributed by atoms with Crippen molar-refractivity contribution in [3.05, 3.63) is 41.1 Å². The zero-order valence-corrected chi connectivity index (χ0v) is 16.1. The Hall–Kier alpha value is -1.56. The number of aryl methyl sites for hydroxylation is 1. The number of morpholine rings is 1. The van der Waals surface area contributed by atoms with Gasteiger partial charge in [-0.15, -0.1) is 0 Å². The number of hydrogen-bond donors (Lipinski definition) is 2. The van der Waals surface area contributed by atoms with Gasteiger partial charge in [-0.25, -0.2) is 0 Å². The van der Waals surface area contributed by atoms with Gasteiger partial charge in [0.2, 0.25) is 5.90 Å². The zero-order chi connectivity index (χ0) is 18.4. The maximum Gasteiger partial charge on any atom is 0.207 e. The molecule has 0 spiro atoms. The lowest BCUT2D eigenvalue weighted by molar-refractivity contribution is 0.00385. The second kappa shape index (κ2) is 9.40. The standard InChI is InChI=1S/C20H28ClN3O2/c1-15-2-5-18(12-19(15)21)23-7-6-20(22)26-14-17-4-3-16(17)13-24-8-10-25-11-9-24/h2,5-7,12,16-17,22-23H,3-4,8-11,13-14H2,1H3/b7-6-,22-20?. The number of halogens is 1. The summed E-state index contributed by atoms with van der Waals surface area (Å²) in [6, 6.07) is 5.79. The fourth-order valence-corrected chi connectivity index (χ4v) is 3.53. The summed E-state index contributed by atoms with van der Waals surface area (Å²) in [6.07, 6.45) is 5.83. The number of rotatable bonds is 7. The molecule has 1 heterocycles. The summed E-state index contributed by atoms with van der Waals surface area (Å²) in [4.78, 5) is 2.49. The van der Waals surface area contributed by atoms with Crippen molar-refractivity contribution in [1.29, 1.82) is 5.41 Å². The van der Waals surface area contributed by atoms with E-state index >= 15 is 0 Å². The van der Waals surface area contributed by atoms with Crippen molar-refractivity contribution < 1.29 is 9.47 Å². The van der Waals surface area contributed by atoms with Crippen molar-refractivity contribution in [2.45, 2.75) is 19.8 Å². The van der Waals surface area contributed by atoms with E-state index in [2.05, 4.69) is 10.2 Å². The Labute approximate surface area is 160 Å². The molecule has 2 aliphatic rings. The Bertz CT molecular complexity index is 644. The SMILES string of the molecule is Cc1ccc(N/C=C\C(=N)OCC2CCC2CN2CCOCC2)cc1Cl. The molecule has 1 aromatic rings. The van der Waals surface area contributed by atoms with Gasteiger partial charge >= 0.3 is 0 Å². The van der Waals surface area contributed by atoms with Crippen LogP contribution in [0.3, 0.4) is 0 Å². The number of nitrogens with zero attached hydrogens (tertiary/aromatic N) is 1. The third-order valence-electron chi connectivity index (χ3n) is 5.28. The monoisotopic (exact) mass is 377 g/mol. The minimum atomic E-state index is 0.188. The predicted octanol–water partition coefficient (Wildman–Crippen LogP) is 3.93. The van der Waals surface area contributed by atoms with Gasteiger partial charge in [-0.3, -0.25) is 10.3 Å². The first-order valence-corrected chi connectivity index (χ1v) is 9.70. The lowest BCUT2D eigenvalue weighted by Crippen LogP contribution is -2.44. The van der Waals surface area contributed by atoms with E-state index in [9.17, 15) is 0 Å². The zero-order valence-electron chi connectivity index (χ0n) is 15.3. The van der Waals surface area contributed by atoms with E-state index < -0.39 is 0 Å². The predicted molar refractivity (Wildman–Crippen MR) is 106 cm³/mol. The van der Waals surface area contributed by atoms with Gasteiger partial charge in [0.15, 0.2) is 0 Å². The molecule has 0 amide bonds. The van der Waals surface area contributed by atoms with Gasteiger partial charge in [0.05, 0.1) is 19.8 Å². The Balaban J connectivity index is 1.36. The lowest BCUT2D eigenvalue weighted by Gasteiger charge is -2.40. The number of nitrogens with one attached hydrogen (secondary N) is 2. The molecule has 0 aromatic heterocycles. The molecule has 0 bridgehead atoms. The van der Waals surface area contributed by atoms with E-state index in [4.69, 9.17) is 26.5 Å². The topological polar surface area (TPSA) is 57.6 Å². The molecule has 0 radical (unpaired) electrons. The van der Waals surface area contributed by atoms with E-state index in [-0.39, 0.29) is 5.90 Å². The molecule has 2 N–H and O–H groups in total. The molecular formula is C20H28ClN3O2. The van der Waals surface area contributed by atoms with Crippen LogP contribution in [0.1, 0.15) is 18.4 Å². The van der Waals surface area contributed by atoms with Crippen LogP contribution in [0, 0.1) is 24.2 Å². The number of ether oxygens (including phenoxy) is 2. The van der Waals surface area contributed by atoms with Gasteiger partial charge in [-0.05, 0) is 49.3 Å². The fourth-order valence-electron chi connectivity index (χ4n) is 3.35. The molecule has 1 aliphatic heterocycles. The van der Waals surface area contributed by atoms with Crippen LogP contribution in [0.25, 0.3) is 0 Å². The first-order chi connectivity index (χ1) is 12.6. The van der Waals surface area contributed by atoms with Gasteiger partial charge < -0.3 is 14.8 Å². The van der Waals surface area contributed by atoms with Crippen molar-refractivity contribution in [2.24, 2.45) is 11.8 Å².